The fourth-order valence-corrected chi connectivity index (χ4v) is 3.68. The quantitative estimate of drug-likeness (QED) is 0.706. The summed E-state index contributed by atoms with van der Waals surface area (Å²) in [6.07, 6.45) is -0.623. The zero-order chi connectivity index (χ0) is 15.0. The van der Waals surface area contributed by atoms with Gasteiger partial charge in [-0.25, -0.2) is 0 Å². The largest absolute Gasteiger partial charge is 0.384 e. The summed E-state index contributed by atoms with van der Waals surface area (Å²) >= 11 is 7.10. The first-order chi connectivity index (χ1) is 9.31. The maximum Gasteiger partial charge on any atom is 0.106 e. The van der Waals surface area contributed by atoms with Crippen LogP contribution in [0.4, 0.5) is 0 Å². The molecule has 0 aliphatic rings. The van der Waals surface area contributed by atoms with Crippen LogP contribution in [0.25, 0.3) is 0 Å². The van der Waals surface area contributed by atoms with E-state index in [-0.39, 0.29) is 0 Å². The third-order valence-corrected chi connectivity index (χ3v) is 5.13. The first-order valence-electron chi connectivity index (χ1n) is 6.52. The first-order valence-corrected chi connectivity index (χ1v) is 8.11. The number of rotatable bonds is 2. The van der Waals surface area contributed by atoms with Gasteiger partial charge in [0.05, 0.1) is 0 Å². The van der Waals surface area contributed by atoms with Gasteiger partial charge in [0.1, 0.15) is 6.10 Å². The van der Waals surface area contributed by atoms with Crippen molar-refractivity contribution >= 4 is 31.9 Å². The summed E-state index contributed by atoms with van der Waals surface area (Å²) in [6.45, 7) is 8.22. The molecule has 1 nitrogen and oxygen atoms in total. The van der Waals surface area contributed by atoms with Crippen LogP contribution < -0.4 is 0 Å². The summed E-state index contributed by atoms with van der Waals surface area (Å²) in [4.78, 5) is 0. The SMILES string of the molecule is Cc1cc(C)c(C(O)c2cc(Br)c(C)cc2Br)c(C)c1. The number of aliphatic hydroxyl groups excluding tert-OH is 1. The second kappa shape index (κ2) is 6.00. The number of benzene rings is 2. The van der Waals surface area contributed by atoms with E-state index in [4.69, 9.17) is 0 Å². The molecular formula is C17H18Br2O. The van der Waals surface area contributed by atoms with Crippen LogP contribution in [-0.2, 0) is 0 Å². The van der Waals surface area contributed by atoms with E-state index in [1.165, 1.54) is 5.56 Å². The predicted octanol–water partition coefficient (Wildman–Crippen LogP) is 5.53. The summed E-state index contributed by atoms with van der Waals surface area (Å²) in [5, 5.41) is 10.8. The fourth-order valence-electron chi connectivity index (χ4n) is 2.65. The average Bonchev–Trinajstić information content (AvgIpc) is 2.32. The highest BCUT2D eigenvalue weighted by atomic mass is 79.9. The number of aliphatic hydroxyl groups is 1. The zero-order valence-corrected chi connectivity index (χ0v) is 15.3. The van der Waals surface area contributed by atoms with Gasteiger partial charge in [-0.1, -0.05) is 49.6 Å². The first kappa shape index (κ1) is 15.7. The Labute approximate surface area is 137 Å². The van der Waals surface area contributed by atoms with E-state index in [2.05, 4.69) is 64.8 Å². The molecular weight excluding hydrogens is 380 g/mol. The second-order valence-electron chi connectivity index (χ2n) is 5.34. The van der Waals surface area contributed by atoms with Crippen molar-refractivity contribution in [3.05, 3.63) is 66.6 Å². The van der Waals surface area contributed by atoms with E-state index in [0.717, 1.165) is 36.8 Å². The molecule has 0 aliphatic heterocycles. The summed E-state index contributed by atoms with van der Waals surface area (Å²) in [7, 11) is 0. The van der Waals surface area contributed by atoms with Crippen molar-refractivity contribution in [2.45, 2.75) is 33.8 Å². The van der Waals surface area contributed by atoms with Crippen molar-refractivity contribution in [3.8, 4) is 0 Å². The van der Waals surface area contributed by atoms with E-state index in [0.29, 0.717) is 0 Å². The second-order valence-corrected chi connectivity index (χ2v) is 7.05. The average molecular weight is 398 g/mol. The molecule has 0 aliphatic carbocycles. The van der Waals surface area contributed by atoms with Crippen molar-refractivity contribution in [1.82, 2.24) is 0 Å². The lowest BCUT2D eigenvalue weighted by atomic mass is 9.91. The Balaban J connectivity index is 2.57. The van der Waals surface area contributed by atoms with Gasteiger partial charge in [0.2, 0.25) is 0 Å². The Morgan fingerprint density at radius 2 is 1.35 bits per heavy atom. The third-order valence-electron chi connectivity index (χ3n) is 3.58. The Kier molecular flexibility index (Phi) is 4.73. The zero-order valence-electron chi connectivity index (χ0n) is 12.1. The number of hydrogen-bond acceptors (Lipinski definition) is 1. The van der Waals surface area contributed by atoms with Crippen molar-refractivity contribution in [2.24, 2.45) is 0 Å². The van der Waals surface area contributed by atoms with E-state index >= 15 is 0 Å². The molecule has 0 saturated heterocycles. The molecule has 0 bridgehead atoms. The maximum absolute atomic E-state index is 10.8. The third kappa shape index (κ3) is 3.00. The van der Waals surface area contributed by atoms with Gasteiger partial charge >= 0.3 is 0 Å². The smallest absolute Gasteiger partial charge is 0.106 e. The lowest BCUT2D eigenvalue weighted by Gasteiger charge is -2.20. The Bertz CT molecular complexity index is 639. The Morgan fingerprint density at radius 3 is 1.90 bits per heavy atom. The van der Waals surface area contributed by atoms with Crippen molar-refractivity contribution < 1.29 is 5.11 Å². The van der Waals surface area contributed by atoms with Crippen LogP contribution in [0.5, 0.6) is 0 Å². The van der Waals surface area contributed by atoms with Crippen LogP contribution in [0, 0.1) is 27.7 Å². The molecule has 0 amide bonds. The molecule has 3 heteroatoms. The lowest BCUT2D eigenvalue weighted by molar-refractivity contribution is 0.218. The molecule has 2 aromatic carbocycles. The molecule has 1 atom stereocenters. The van der Waals surface area contributed by atoms with Crippen LogP contribution in [0.15, 0.2) is 33.2 Å². The normalized spacial score (nSPS) is 12.6. The van der Waals surface area contributed by atoms with Crippen molar-refractivity contribution in [3.63, 3.8) is 0 Å². The predicted molar refractivity (Wildman–Crippen MR) is 91.3 cm³/mol. The van der Waals surface area contributed by atoms with Gasteiger partial charge in [0, 0.05) is 14.5 Å². The van der Waals surface area contributed by atoms with Gasteiger partial charge in [-0.3, -0.25) is 0 Å². The van der Waals surface area contributed by atoms with Gasteiger partial charge in [0.15, 0.2) is 0 Å². The molecule has 0 spiro atoms. The number of aryl methyl sites for hydroxylation is 4. The summed E-state index contributed by atoms with van der Waals surface area (Å²) < 4.78 is 1.95. The van der Waals surface area contributed by atoms with Crippen LogP contribution in [0.3, 0.4) is 0 Å². The standard InChI is InChI=1S/C17H18Br2O/c1-9-5-11(3)16(12(4)6-9)17(20)13-8-14(18)10(2)7-15(13)19/h5-8,17,20H,1-4H3. The Hall–Kier alpha value is -0.640. The van der Waals surface area contributed by atoms with E-state index < -0.39 is 6.10 Å². The topological polar surface area (TPSA) is 20.2 Å². The molecule has 1 unspecified atom stereocenters. The Morgan fingerprint density at radius 1 is 0.800 bits per heavy atom. The van der Waals surface area contributed by atoms with Gasteiger partial charge < -0.3 is 5.11 Å². The number of hydrogen-bond donors (Lipinski definition) is 1. The van der Waals surface area contributed by atoms with Crippen LogP contribution in [-0.4, -0.2) is 5.11 Å². The van der Waals surface area contributed by atoms with E-state index in [1.807, 2.05) is 19.1 Å². The molecule has 0 saturated carbocycles. The van der Waals surface area contributed by atoms with Crippen LogP contribution in [0.1, 0.15) is 39.5 Å². The minimum atomic E-state index is -0.623. The summed E-state index contributed by atoms with van der Waals surface area (Å²) in [5.41, 5.74) is 6.49. The molecule has 0 fully saturated rings. The molecule has 20 heavy (non-hydrogen) atoms. The van der Waals surface area contributed by atoms with Gasteiger partial charge in [-0.05, 0) is 62.1 Å². The molecule has 1 N–H and O–H groups in total. The van der Waals surface area contributed by atoms with Gasteiger partial charge in [0.25, 0.3) is 0 Å². The summed E-state index contributed by atoms with van der Waals surface area (Å²) in [6, 6.07) is 8.25. The lowest BCUT2D eigenvalue weighted by Crippen LogP contribution is -2.06. The minimum absolute atomic E-state index is 0.623. The van der Waals surface area contributed by atoms with Gasteiger partial charge in [-0.2, -0.15) is 0 Å². The molecule has 0 heterocycles. The van der Waals surface area contributed by atoms with Crippen molar-refractivity contribution in [1.29, 1.82) is 0 Å². The molecule has 0 aromatic heterocycles. The number of halogens is 2. The maximum atomic E-state index is 10.8. The van der Waals surface area contributed by atoms with Crippen molar-refractivity contribution in [2.75, 3.05) is 0 Å². The fraction of sp³-hybridized carbons (Fsp3) is 0.294. The molecule has 2 aromatic rings. The highest BCUT2D eigenvalue weighted by Gasteiger charge is 2.19. The van der Waals surface area contributed by atoms with Gasteiger partial charge in [-0.15, -0.1) is 0 Å². The van der Waals surface area contributed by atoms with E-state index in [9.17, 15) is 5.11 Å². The van der Waals surface area contributed by atoms with E-state index in [1.54, 1.807) is 0 Å². The van der Waals surface area contributed by atoms with Crippen LogP contribution >= 0.6 is 31.9 Å². The monoisotopic (exact) mass is 396 g/mol. The molecule has 106 valence electrons. The minimum Gasteiger partial charge on any atom is -0.384 e. The highest BCUT2D eigenvalue weighted by Crippen LogP contribution is 2.35. The molecule has 2 rings (SSSR count). The summed E-state index contributed by atoms with van der Waals surface area (Å²) in [5.74, 6) is 0. The highest BCUT2D eigenvalue weighted by molar-refractivity contribution is 9.11. The molecule has 0 radical (unpaired) electrons. The van der Waals surface area contributed by atoms with Crippen LogP contribution in [0.2, 0.25) is 0 Å².